The Morgan fingerprint density at radius 3 is 2.19 bits per heavy atom. The summed E-state index contributed by atoms with van der Waals surface area (Å²) in [6, 6.07) is 17.2. The van der Waals surface area contributed by atoms with Crippen molar-refractivity contribution in [2.75, 3.05) is 30.8 Å². The minimum Gasteiger partial charge on any atom is -0.465 e. The van der Waals surface area contributed by atoms with Crippen LogP contribution in [0.5, 0.6) is 0 Å². The van der Waals surface area contributed by atoms with Crippen LogP contribution in [0.1, 0.15) is 72.3 Å². The van der Waals surface area contributed by atoms with E-state index in [2.05, 4.69) is 31.4 Å². The van der Waals surface area contributed by atoms with Gasteiger partial charge in [-0.3, -0.25) is 5.32 Å². The minimum absolute atomic E-state index is 0.0407. The number of sulfonamides is 1. The van der Waals surface area contributed by atoms with Crippen LogP contribution in [0, 0.1) is 26.7 Å². The molecule has 2 amide bonds. The Balaban J connectivity index is 1.19. The molecule has 0 atom stereocenters. The van der Waals surface area contributed by atoms with Gasteiger partial charge in [0.1, 0.15) is 27.8 Å². The number of esters is 1. The van der Waals surface area contributed by atoms with E-state index in [1.54, 1.807) is 18.5 Å². The highest BCUT2D eigenvalue weighted by Crippen LogP contribution is 2.33. The van der Waals surface area contributed by atoms with E-state index in [9.17, 15) is 18.0 Å². The lowest BCUT2D eigenvalue weighted by molar-refractivity contribution is 0.0594. The van der Waals surface area contributed by atoms with E-state index in [4.69, 9.17) is 14.3 Å². The third-order valence-electron chi connectivity index (χ3n) is 8.50. The van der Waals surface area contributed by atoms with E-state index in [1.165, 1.54) is 11.4 Å². The standard InChI is InChI=1S/C35H43N5O6S/c1-22-8-14-28(15-9-22)40-30(21-29(38-40)35(4,5)6)37-34(42)36-27-12-10-25(11-13-27)20-26-16-18-39(19-17-26)47(43,44)32-24(3)46-23(2)31(32)33(41)45-7/h8-15,21,26H,16-20H2,1-7H3,(H2,36,37,42). The van der Waals surface area contributed by atoms with Crippen molar-refractivity contribution in [3.63, 3.8) is 0 Å². The van der Waals surface area contributed by atoms with E-state index < -0.39 is 16.0 Å². The Kier molecular flexibility index (Phi) is 9.65. The number of methoxy groups -OCH3 is 1. The number of benzene rings is 2. The molecule has 1 aliphatic rings. The van der Waals surface area contributed by atoms with Crippen molar-refractivity contribution in [1.82, 2.24) is 14.1 Å². The Morgan fingerprint density at radius 2 is 1.60 bits per heavy atom. The van der Waals surface area contributed by atoms with Crippen LogP contribution in [0.4, 0.5) is 16.3 Å². The maximum absolute atomic E-state index is 13.5. The quantitative estimate of drug-likeness (QED) is 0.199. The number of furan rings is 1. The fourth-order valence-corrected chi connectivity index (χ4v) is 7.69. The van der Waals surface area contributed by atoms with E-state index in [0.717, 1.165) is 28.9 Å². The van der Waals surface area contributed by atoms with Crippen LogP contribution in [-0.2, 0) is 26.6 Å². The number of rotatable bonds is 8. The van der Waals surface area contributed by atoms with Crippen molar-refractivity contribution < 1.29 is 27.2 Å². The number of aryl methyl sites for hydroxylation is 3. The van der Waals surface area contributed by atoms with Crippen molar-refractivity contribution in [3.8, 4) is 5.69 Å². The van der Waals surface area contributed by atoms with Crippen molar-refractivity contribution in [2.45, 2.75) is 71.1 Å². The fourth-order valence-electron chi connectivity index (χ4n) is 5.85. The molecule has 0 aliphatic carbocycles. The van der Waals surface area contributed by atoms with Gasteiger partial charge in [0, 0.05) is 30.3 Å². The number of carbonyl (C=O) groups excluding carboxylic acids is 2. The van der Waals surface area contributed by atoms with E-state index in [-0.39, 0.29) is 39.3 Å². The van der Waals surface area contributed by atoms with Gasteiger partial charge in [-0.15, -0.1) is 0 Å². The van der Waals surface area contributed by atoms with Gasteiger partial charge in [0.25, 0.3) is 0 Å². The summed E-state index contributed by atoms with van der Waals surface area (Å²) in [4.78, 5) is 25.3. The maximum Gasteiger partial charge on any atom is 0.342 e. The molecule has 47 heavy (non-hydrogen) atoms. The van der Waals surface area contributed by atoms with Crippen LogP contribution in [0.25, 0.3) is 5.69 Å². The molecule has 4 aromatic rings. The maximum atomic E-state index is 13.5. The average molecular weight is 662 g/mol. The molecule has 2 N–H and O–H groups in total. The van der Waals surface area contributed by atoms with Crippen LogP contribution in [0.15, 0.2) is 63.9 Å². The first kappa shape index (κ1) is 33.9. The lowest BCUT2D eigenvalue weighted by atomic mass is 9.91. The summed E-state index contributed by atoms with van der Waals surface area (Å²) in [5, 5.41) is 10.6. The van der Waals surface area contributed by atoms with Gasteiger partial charge in [0.05, 0.1) is 18.5 Å². The van der Waals surface area contributed by atoms with E-state index >= 15 is 0 Å². The fraction of sp³-hybridized carbons (Fsp3) is 0.400. The third-order valence-corrected chi connectivity index (χ3v) is 10.6. The number of piperidine rings is 1. The van der Waals surface area contributed by atoms with Crippen molar-refractivity contribution in [2.24, 2.45) is 5.92 Å². The Bertz CT molecular complexity index is 1860. The predicted molar refractivity (Wildman–Crippen MR) is 181 cm³/mol. The highest BCUT2D eigenvalue weighted by Gasteiger charge is 2.37. The molecule has 250 valence electrons. The van der Waals surface area contributed by atoms with Crippen LogP contribution < -0.4 is 10.6 Å². The Morgan fingerprint density at radius 1 is 0.957 bits per heavy atom. The van der Waals surface area contributed by atoms with Gasteiger partial charge in [0.2, 0.25) is 10.0 Å². The van der Waals surface area contributed by atoms with Crippen LogP contribution in [-0.4, -0.2) is 54.7 Å². The Labute approximate surface area is 276 Å². The smallest absolute Gasteiger partial charge is 0.342 e. The zero-order valence-corrected chi connectivity index (χ0v) is 28.8. The summed E-state index contributed by atoms with van der Waals surface area (Å²) < 4.78 is 40.6. The summed E-state index contributed by atoms with van der Waals surface area (Å²) in [5.41, 5.74) is 4.36. The summed E-state index contributed by atoms with van der Waals surface area (Å²) in [7, 11) is -2.72. The number of anilines is 2. The molecule has 0 unspecified atom stereocenters. The molecule has 1 aliphatic heterocycles. The van der Waals surface area contributed by atoms with Gasteiger partial charge in [-0.2, -0.15) is 9.40 Å². The normalized spacial score (nSPS) is 14.6. The molecule has 0 radical (unpaired) electrons. The number of carbonyl (C=O) groups is 2. The first-order chi connectivity index (χ1) is 22.2. The number of hydrogen-bond acceptors (Lipinski definition) is 7. The molecule has 2 aromatic heterocycles. The van der Waals surface area contributed by atoms with Gasteiger partial charge in [-0.1, -0.05) is 50.6 Å². The minimum atomic E-state index is -3.93. The number of urea groups is 1. The lowest BCUT2D eigenvalue weighted by Crippen LogP contribution is -2.39. The zero-order chi connectivity index (χ0) is 34.1. The van der Waals surface area contributed by atoms with Crippen LogP contribution >= 0.6 is 0 Å². The van der Waals surface area contributed by atoms with Crippen LogP contribution in [0.2, 0.25) is 0 Å². The second-order valence-corrected chi connectivity index (χ2v) is 15.0. The molecule has 0 saturated carbocycles. The highest BCUT2D eigenvalue weighted by molar-refractivity contribution is 7.89. The van der Waals surface area contributed by atoms with E-state index in [0.29, 0.717) is 37.4 Å². The molecule has 2 aromatic carbocycles. The van der Waals surface area contributed by atoms with Crippen molar-refractivity contribution >= 4 is 33.5 Å². The molecular weight excluding hydrogens is 618 g/mol. The molecule has 3 heterocycles. The van der Waals surface area contributed by atoms with Gasteiger partial charge in [-0.25, -0.2) is 22.7 Å². The van der Waals surface area contributed by atoms with E-state index in [1.807, 2.05) is 61.5 Å². The third kappa shape index (κ3) is 7.44. The molecule has 1 fully saturated rings. The second-order valence-electron chi connectivity index (χ2n) is 13.1. The van der Waals surface area contributed by atoms with Crippen molar-refractivity contribution in [3.05, 3.63) is 88.5 Å². The summed E-state index contributed by atoms with van der Waals surface area (Å²) in [5.74, 6) is 0.531. The molecule has 12 heteroatoms. The number of hydrogen-bond donors (Lipinski definition) is 2. The lowest BCUT2D eigenvalue weighted by Gasteiger charge is -2.31. The highest BCUT2D eigenvalue weighted by atomic mass is 32.2. The second kappa shape index (κ2) is 13.4. The van der Waals surface area contributed by atoms with Gasteiger partial charge in [-0.05, 0) is 75.8 Å². The molecule has 0 spiro atoms. The summed E-state index contributed by atoms with van der Waals surface area (Å²) in [6.45, 7) is 12.0. The van der Waals surface area contributed by atoms with Crippen molar-refractivity contribution in [1.29, 1.82) is 0 Å². The average Bonchev–Trinajstić information content (AvgIpc) is 3.58. The molecule has 0 bridgehead atoms. The number of ether oxygens (including phenoxy) is 1. The molecular formula is C35H43N5O6S. The first-order valence-corrected chi connectivity index (χ1v) is 17.1. The SMILES string of the molecule is COC(=O)c1c(C)oc(C)c1S(=O)(=O)N1CCC(Cc2ccc(NC(=O)Nc3cc(C(C)(C)C)nn3-c3ccc(C)cc3)cc2)CC1. The topological polar surface area (TPSA) is 136 Å². The zero-order valence-electron chi connectivity index (χ0n) is 28.0. The van der Waals surface area contributed by atoms with Gasteiger partial charge >= 0.3 is 12.0 Å². The summed E-state index contributed by atoms with van der Waals surface area (Å²) >= 11 is 0. The first-order valence-electron chi connectivity index (χ1n) is 15.7. The number of aromatic nitrogens is 2. The largest absolute Gasteiger partial charge is 0.465 e. The number of nitrogens with zero attached hydrogens (tertiary/aromatic N) is 3. The monoisotopic (exact) mass is 661 g/mol. The Hall–Kier alpha value is -4.42. The predicted octanol–water partition coefficient (Wildman–Crippen LogP) is 6.76. The number of amides is 2. The molecule has 11 nitrogen and oxygen atoms in total. The molecule has 1 saturated heterocycles. The summed E-state index contributed by atoms with van der Waals surface area (Å²) in [6.07, 6.45) is 2.13. The molecule has 5 rings (SSSR count). The number of nitrogens with one attached hydrogen (secondary N) is 2. The van der Waals surface area contributed by atoms with Crippen LogP contribution in [0.3, 0.4) is 0 Å². The van der Waals surface area contributed by atoms with Gasteiger partial charge in [0.15, 0.2) is 0 Å². The van der Waals surface area contributed by atoms with Gasteiger partial charge < -0.3 is 14.5 Å².